The van der Waals surface area contributed by atoms with Crippen LogP contribution in [0.2, 0.25) is 0 Å². The number of rotatable bonds is 6. The SMILES string of the molecule is CCC[C@]12c3c4ccc(OC)c3O[C@H]1[C@@H](O)C=C[C@H]2C(N(C)Cc1oc(=O)oc1C)C4. The van der Waals surface area contributed by atoms with E-state index in [4.69, 9.17) is 18.3 Å². The maximum Gasteiger partial charge on any atom is 0.519 e. The summed E-state index contributed by atoms with van der Waals surface area (Å²) in [7, 11) is 3.71. The smallest absolute Gasteiger partial charge is 0.493 e. The molecule has 1 unspecified atom stereocenters. The fraction of sp³-hybridized carbons (Fsp3) is 0.542. The first kappa shape index (κ1) is 20.4. The highest BCUT2D eigenvalue weighted by Gasteiger charge is 2.62. The summed E-state index contributed by atoms with van der Waals surface area (Å²) in [6.45, 7) is 4.40. The van der Waals surface area contributed by atoms with Gasteiger partial charge in [0.15, 0.2) is 17.3 Å². The van der Waals surface area contributed by atoms with Crippen LogP contribution in [0.15, 0.2) is 37.9 Å². The maximum absolute atomic E-state index is 11.5. The lowest BCUT2D eigenvalue weighted by atomic mass is 9.54. The third-order valence-corrected chi connectivity index (χ3v) is 7.37. The van der Waals surface area contributed by atoms with Gasteiger partial charge in [0.05, 0.1) is 13.7 Å². The van der Waals surface area contributed by atoms with Crippen molar-refractivity contribution in [2.45, 2.75) is 63.3 Å². The number of hydrogen-bond acceptors (Lipinski definition) is 7. The van der Waals surface area contributed by atoms with Crippen molar-refractivity contribution in [1.82, 2.24) is 4.90 Å². The molecule has 0 spiro atoms. The molecule has 0 radical (unpaired) electrons. The minimum absolute atomic E-state index is 0.144. The van der Waals surface area contributed by atoms with Crippen LogP contribution in [0.5, 0.6) is 11.5 Å². The molecule has 3 aliphatic rings. The molecular weight excluding hydrogens is 398 g/mol. The number of aliphatic hydroxyl groups excluding tert-OH is 1. The van der Waals surface area contributed by atoms with E-state index in [0.29, 0.717) is 18.1 Å². The van der Waals surface area contributed by atoms with Gasteiger partial charge in [0.2, 0.25) is 0 Å². The first-order valence-electron chi connectivity index (χ1n) is 10.9. The Kier molecular flexibility index (Phi) is 4.79. The van der Waals surface area contributed by atoms with Gasteiger partial charge in [-0.3, -0.25) is 4.90 Å². The van der Waals surface area contributed by atoms with E-state index in [2.05, 4.69) is 31.0 Å². The number of ether oxygens (including phenoxy) is 2. The zero-order chi connectivity index (χ0) is 21.9. The highest BCUT2D eigenvalue weighted by molar-refractivity contribution is 5.61. The van der Waals surface area contributed by atoms with E-state index in [0.717, 1.165) is 30.8 Å². The molecule has 0 amide bonds. The predicted octanol–water partition coefficient (Wildman–Crippen LogP) is 2.95. The third-order valence-electron chi connectivity index (χ3n) is 7.37. The molecule has 1 aliphatic heterocycles. The number of benzene rings is 1. The fourth-order valence-electron chi connectivity index (χ4n) is 6.14. The van der Waals surface area contributed by atoms with E-state index in [1.807, 2.05) is 12.1 Å². The molecule has 2 aromatic rings. The molecule has 7 nitrogen and oxygen atoms in total. The van der Waals surface area contributed by atoms with E-state index < -0.39 is 11.9 Å². The van der Waals surface area contributed by atoms with E-state index in [-0.39, 0.29) is 23.5 Å². The summed E-state index contributed by atoms with van der Waals surface area (Å²) in [5.74, 6) is 2.04. The molecule has 0 bridgehead atoms. The first-order valence-corrected chi connectivity index (χ1v) is 10.9. The van der Waals surface area contributed by atoms with Crippen molar-refractivity contribution < 1.29 is 23.4 Å². The van der Waals surface area contributed by atoms with E-state index in [9.17, 15) is 9.90 Å². The van der Waals surface area contributed by atoms with E-state index in [1.165, 1.54) is 11.1 Å². The molecule has 5 atom stereocenters. The minimum atomic E-state index is -0.675. The van der Waals surface area contributed by atoms with Crippen LogP contribution in [0, 0.1) is 12.8 Å². The lowest BCUT2D eigenvalue weighted by molar-refractivity contribution is -0.0212. The normalized spacial score (nSPS) is 30.4. The van der Waals surface area contributed by atoms with Crippen LogP contribution in [0.4, 0.5) is 0 Å². The summed E-state index contributed by atoms with van der Waals surface area (Å²) in [4.78, 5) is 13.8. The highest BCUT2D eigenvalue weighted by Crippen LogP contribution is 2.61. The molecule has 166 valence electrons. The van der Waals surface area contributed by atoms with Crippen molar-refractivity contribution in [2.24, 2.45) is 5.92 Å². The molecule has 1 aromatic carbocycles. The van der Waals surface area contributed by atoms with Crippen LogP contribution in [0.1, 0.15) is 42.4 Å². The Labute approximate surface area is 181 Å². The third kappa shape index (κ3) is 2.83. The Morgan fingerprint density at radius 3 is 2.77 bits per heavy atom. The molecule has 0 fully saturated rings. The summed E-state index contributed by atoms with van der Waals surface area (Å²) in [5.41, 5.74) is 2.10. The van der Waals surface area contributed by atoms with Gasteiger partial charge in [-0.25, -0.2) is 4.79 Å². The Morgan fingerprint density at radius 2 is 2.10 bits per heavy atom. The van der Waals surface area contributed by atoms with Gasteiger partial charge in [-0.2, -0.15) is 0 Å². The number of nitrogens with zero attached hydrogens (tertiary/aromatic N) is 1. The highest BCUT2D eigenvalue weighted by atomic mass is 16.6. The first-order chi connectivity index (χ1) is 14.9. The number of aliphatic hydroxyl groups is 1. The van der Waals surface area contributed by atoms with E-state index >= 15 is 0 Å². The number of aryl methyl sites for hydroxylation is 1. The van der Waals surface area contributed by atoms with Crippen LogP contribution in [0.25, 0.3) is 0 Å². The average Bonchev–Trinajstić information content (AvgIpc) is 3.25. The predicted molar refractivity (Wildman–Crippen MR) is 114 cm³/mol. The van der Waals surface area contributed by atoms with Gasteiger partial charge < -0.3 is 23.4 Å². The standard InChI is InChI=1S/C24H29NO6/c1-5-10-24-15-7-8-17(26)22(24)31-21-18(28-4)9-6-14(20(21)24)11-16(15)25(3)12-19-13(2)29-23(27)30-19/h6-9,15-17,22,26H,5,10-12H2,1-4H3/t15-,16?,17-,22-,24-/m0/s1. The molecular formula is C24H29NO6. The molecule has 0 saturated heterocycles. The van der Waals surface area contributed by atoms with Gasteiger partial charge in [-0.15, -0.1) is 0 Å². The lowest BCUT2D eigenvalue weighted by Gasteiger charge is -2.52. The Balaban J connectivity index is 1.63. The summed E-state index contributed by atoms with van der Waals surface area (Å²) in [5, 5.41) is 10.9. The molecule has 0 saturated carbocycles. The van der Waals surface area contributed by atoms with Gasteiger partial charge in [0, 0.05) is 22.9 Å². The minimum Gasteiger partial charge on any atom is -0.493 e. The quantitative estimate of drug-likeness (QED) is 0.710. The van der Waals surface area contributed by atoms with Gasteiger partial charge in [0.25, 0.3) is 0 Å². The van der Waals surface area contributed by atoms with E-state index in [1.54, 1.807) is 14.0 Å². The summed E-state index contributed by atoms with van der Waals surface area (Å²) < 4.78 is 22.4. The largest absolute Gasteiger partial charge is 0.519 e. The van der Waals surface area contributed by atoms with Gasteiger partial charge >= 0.3 is 5.82 Å². The van der Waals surface area contributed by atoms with Crippen molar-refractivity contribution in [3.8, 4) is 11.5 Å². The molecule has 1 N–H and O–H groups in total. The molecule has 1 aromatic heterocycles. The molecule has 2 heterocycles. The van der Waals surface area contributed by atoms with Crippen LogP contribution >= 0.6 is 0 Å². The average molecular weight is 427 g/mol. The van der Waals surface area contributed by atoms with Gasteiger partial charge in [-0.05, 0) is 38.4 Å². The van der Waals surface area contributed by atoms with Crippen molar-refractivity contribution in [3.63, 3.8) is 0 Å². The molecule has 31 heavy (non-hydrogen) atoms. The van der Waals surface area contributed by atoms with Crippen LogP contribution in [-0.2, 0) is 18.4 Å². The topological polar surface area (TPSA) is 85.3 Å². The maximum atomic E-state index is 11.5. The second-order valence-corrected chi connectivity index (χ2v) is 8.98. The molecule has 2 aliphatic carbocycles. The summed E-state index contributed by atoms with van der Waals surface area (Å²) >= 11 is 0. The Hall–Kier alpha value is -2.51. The molecule has 5 rings (SSSR count). The van der Waals surface area contributed by atoms with Gasteiger partial charge in [-0.1, -0.05) is 31.6 Å². The van der Waals surface area contributed by atoms with Crippen LogP contribution < -0.4 is 15.3 Å². The van der Waals surface area contributed by atoms with Crippen molar-refractivity contribution >= 4 is 0 Å². The Morgan fingerprint density at radius 1 is 1.29 bits per heavy atom. The number of methoxy groups -OCH3 is 1. The van der Waals surface area contributed by atoms with Crippen molar-refractivity contribution in [2.75, 3.05) is 14.2 Å². The van der Waals surface area contributed by atoms with Crippen LogP contribution in [-0.4, -0.2) is 42.4 Å². The second kappa shape index (κ2) is 7.28. The van der Waals surface area contributed by atoms with Crippen molar-refractivity contribution in [1.29, 1.82) is 0 Å². The Bertz CT molecular complexity index is 1080. The molecule has 7 heteroatoms. The fourth-order valence-corrected chi connectivity index (χ4v) is 6.14. The summed E-state index contributed by atoms with van der Waals surface area (Å²) in [6.07, 6.45) is 5.72. The zero-order valence-corrected chi connectivity index (χ0v) is 18.4. The van der Waals surface area contributed by atoms with Crippen molar-refractivity contribution in [3.05, 3.63) is 57.5 Å². The number of likely N-dealkylation sites (N-methyl/N-ethyl adjacent to an activating group) is 1. The summed E-state index contributed by atoms with van der Waals surface area (Å²) in [6, 6.07) is 4.24. The zero-order valence-electron chi connectivity index (χ0n) is 18.4. The lowest BCUT2D eigenvalue weighted by Crippen LogP contribution is -2.60. The van der Waals surface area contributed by atoms with Gasteiger partial charge in [0.1, 0.15) is 18.0 Å². The monoisotopic (exact) mass is 427 g/mol. The van der Waals surface area contributed by atoms with Crippen LogP contribution in [0.3, 0.4) is 0 Å². The second-order valence-electron chi connectivity index (χ2n) is 8.98. The number of hydrogen-bond donors (Lipinski definition) is 1.